The van der Waals surface area contributed by atoms with Crippen LogP contribution >= 0.6 is 0 Å². The Hall–Kier alpha value is -2.61. The van der Waals surface area contributed by atoms with E-state index in [0.717, 1.165) is 19.3 Å². The van der Waals surface area contributed by atoms with Crippen molar-refractivity contribution in [3.63, 3.8) is 0 Å². The molecular weight excluding hydrogens is 434 g/mol. The first-order valence-corrected chi connectivity index (χ1v) is 12.5. The molecule has 0 bridgehead atoms. The van der Waals surface area contributed by atoms with Crippen LogP contribution in [0.5, 0.6) is 0 Å². The van der Waals surface area contributed by atoms with Crippen molar-refractivity contribution in [2.24, 2.45) is 0 Å². The molecule has 0 spiro atoms. The zero-order valence-electron chi connectivity index (χ0n) is 20.2. The van der Waals surface area contributed by atoms with Crippen LogP contribution in [0.4, 0.5) is 4.79 Å². The molecule has 184 valence electrons. The first kappa shape index (κ1) is 23.1. The van der Waals surface area contributed by atoms with E-state index in [1.54, 1.807) is 25.7 Å². The van der Waals surface area contributed by atoms with Crippen molar-refractivity contribution in [3.05, 3.63) is 35.9 Å². The number of ether oxygens (including phenoxy) is 2. The Kier molecular flexibility index (Phi) is 6.04. The highest BCUT2D eigenvalue weighted by Crippen LogP contribution is 2.40. The molecule has 1 N–H and O–H groups in total. The lowest BCUT2D eigenvalue weighted by Gasteiger charge is -2.35. The topological polar surface area (TPSA) is 91.5 Å². The van der Waals surface area contributed by atoms with Gasteiger partial charge < -0.3 is 24.6 Å². The first-order chi connectivity index (χ1) is 16.2. The van der Waals surface area contributed by atoms with Gasteiger partial charge in [-0.05, 0) is 52.0 Å². The predicted octanol–water partition coefficient (Wildman–Crippen LogP) is 2.82. The standard InChI is InChI=1S/C26H35N3O5/c1-26(2,3)34-25(32)27-19-14-22-21(33-22)13-18-9-10-20(29(18)23(19)30)24(31)28-12-11-17(15-28)16-7-5-4-6-8-16/h4-8,17-22H,9-15H2,1-3H3,(H,27,32)/t17-,18+,19-,20-,21+,22-/m0/s1. The van der Waals surface area contributed by atoms with Gasteiger partial charge in [-0.1, -0.05) is 30.3 Å². The molecule has 0 unspecified atom stereocenters. The van der Waals surface area contributed by atoms with Crippen LogP contribution in [0.25, 0.3) is 0 Å². The molecule has 8 nitrogen and oxygen atoms in total. The molecule has 0 saturated carbocycles. The van der Waals surface area contributed by atoms with Gasteiger partial charge in [0.05, 0.1) is 12.2 Å². The number of carbonyl (C=O) groups is 3. The molecule has 4 aliphatic rings. The number of alkyl carbamates (subject to hydrolysis) is 1. The van der Waals surface area contributed by atoms with E-state index >= 15 is 0 Å². The molecule has 34 heavy (non-hydrogen) atoms. The third kappa shape index (κ3) is 4.78. The summed E-state index contributed by atoms with van der Waals surface area (Å²) in [5.41, 5.74) is 0.593. The maximum absolute atomic E-state index is 13.7. The summed E-state index contributed by atoms with van der Waals surface area (Å²) in [6.45, 7) is 6.75. The van der Waals surface area contributed by atoms with Crippen molar-refractivity contribution in [2.75, 3.05) is 13.1 Å². The van der Waals surface area contributed by atoms with Crippen LogP contribution < -0.4 is 5.32 Å². The fourth-order valence-electron chi connectivity index (χ4n) is 5.80. The molecule has 6 atom stereocenters. The van der Waals surface area contributed by atoms with Crippen molar-refractivity contribution in [1.29, 1.82) is 0 Å². The van der Waals surface area contributed by atoms with Crippen LogP contribution in [0.2, 0.25) is 0 Å². The number of benzene rings is 1. The second-order valence-electron chi connectivity index (χ2n) is 11.1. The molecule has 5 rings (SSSR count). The molecule has 0 aliphatic carbocycles. The smallest absolute Gasteiger partial charge is 0.408 e. The molecule has 1 aromatic carbocycles. The number of amides is 3. The number of fused-ring (bicyclic) bond motifs is 2. The number of nitrogens with zero attached hydrogens (tertiary/aromatic N) is 2. The lowest BCUT2D eigenvalue weighted by atomic mass is 9.99. The van der Waals surface area contributed by atoms with Crippen molar-refractivity contribution < 1.29 is 23.9 Å². The maximum atomic E-state index is 13.7. The van der Waals surface area contributed by atoms with E-state index in [9.17, 15) is 14.4 Å². The van der Waals surface area contributed by atoms with Gasteiger partial charge in [0.15, 0.2) is 0 Å². The van der Waals surface area contributed by atoms with E-state index in [2.05, 4.69) is 17.4 Å². The lowest BCUT2D eigenvalue weighted by molar-refractivity contribution is -0.146. The van der Waals surface area contributed by atoms with Crippen molar-refractivity contribution in [1.82, 2.24) is 15.1 Å². The van der Waals surface area contributed by atoms with E-state index in [1.807, 2.05) is 23.1 Å². The second-order valence-corrected chi connectivity index (χ2v) is 11.1. The fourth-order valence-corrected chi connectivity index (χ4v) is 5.80. The third-order valence-corrected chi connectivity index (χ3v) is 7.46. The Morgan fingerprint density at radius 1 is 1.06 bits per heavy atom. The molecule has 0 radical (unpaired) electrons. The summed E-state index contributed by atoms with van der Waals surface area (Å²) in [5, 5.41) is 2.76. The third-order valence-electron chi connectivity index (χ3n) is 7.46. The first-order valence-electron chi connectivity index (χ1n) is 12.5. The van der Waals surface area contributed by atoms with Gasteiger partial charge in [-0.3, -0.25) is 9.59 Å². The monoisotopic (exact) mass is 469 g/mol. The van der Waals surface area contributed by atoms with Crippen molar-refractivity contribution in [3.8, 4) is 0 Å². The Balaban J connectivity index is 1.30. The summed E-state index contributed by atoms with van der Waals surface area (Å²) in [6.07, 6.45) is 2.98. The van der Waals surface area contributed by atoms with Gasteiger partial charge in [-0.15, -0.1) is 0 Å². The number of hydrogen-bond acceptors (Lipinski definition) is 5. The number of rotatable bonds is 3. The van der Waals surface area contributed by atoms with Crippen LogP contribution in [0.3, 0.4) is 0 Å². The zero-order valence-corrected chi connectivity index (χ0v) is 20.2. The molecule has 4 aliphatic heterocycles. The average Bonchev–Trinajstić information content (AvgIpc) is 3.15. The average molecular weight is 470 g/mol. The van der Waals surface area contributed by atoms with E-state index in [1.165, 1.54) is 5.56 Å². The van der Waals surface area contributed by atoms with Gasteiger partial charge >= 0.3 is 6.09 Å². The zero-order chi connectivity index (χ0) is 24.0. The Labute approximate surface area is 200 Å². The minimum Gasteiger partial charge on any atom is -0.444 e. The lowest BCUT2D eigenvalue weighted by Crippen LogP contribution is -2.57. The van der Waals surface area contributed by atoms with Gasteiger partial charge in [-0.25, -0.2) is 4.79 Å². The predicted molar refractivity (Wildman–Crippen MR) is 125 cm³/mol. The van der Waals surface area contributed by atoms with E-state index in [-0.39, 0.29) is 30.1 Å². The number of carbonyl (C=O) groups excluding carboxylic acids is 3. The maximum Gasteiger partial charge on any atom is 0.408 e. The molecule has 8 heteroatoms. The van der Waals surface area contributed by atoms with Crippen molar-refractivity contribution >= 4 is 17.9 Å². The number of likely N-dealkylation sites (tertiary alicyclic amines) is 1. The molecule has 3 amide bonds. The van der Waals surface area contributed by atoms with Crippen LogP contribution in [-0.2, 0) is 19.1 Å². The molecule has 4 fully saturated rings. The normalized spacial score (nSPS) is 33.0. The Morgan fingerprint density at radius 2 is 1.79 bits per heavy atom. The van der Waals surface area contributed by atoms with E-state index < -0.39 is 23.8 Å². The fraction of sp³-hybridized carbons (Fsp3) is 0.654. The highest BCUT2D eigenvalue weighted by molar-refractivity contribution is 5.92. The number of nitrogens with one attached hydrogen (secondary N) is 1. The summed E-state index contributed by atoms with van der Waals surface area (Å²) in [7, 11) is 0. The summed E-state index contributed by atoms with van der Waals surface area (Å²) >= 11 is 0. The molecule has 0 aromatic heterocycles. The van der Waals surface area contributed by atoms with Gasteiger partial charge in [0, 0.05) is 31.5 Å². The van der Waals surface area contributed by atoms with E-state index in [4.69, 9.17) is 9.47 Å². The second kappa shape index (κ2) is 8.87. The summed E-state index contributed by atoms with van der Waals surface area (Å²) < 4.78 is 11.2. The van der Waals surface area contributed by atoms with Crippen LogP contribution in [0.15, 0.2) is 30.3 Å². The summed E-state index contributed by atoms with van der Waals surface area (Å²) in [5.74, 6) is 0.159. The van der Waals surface area contributed by atoms with Crippen LogP contribution in [0, 0.1) is 0 Å². The molecule has 4 saturated heterocycles. The summed E-state index contributed by atoms with van der Waals surface area (Å²) in [4.78, 5) is 43.5. The minimum absolute atomic E-state index is 0.0222. The summed E-state index contributed by atoms with van der Waals surface area (Å²) in [6, 6.07) is 9.03. The van der Waals surface area contributed by atoms with E-state index in [0.29, 0.717) is 31.8 Å². The van der Waals surface area contributed by atoms with Gasteiger partial charge in [0.25, 0.3) is 0 Å². The Morgan fingerprint density at radius 3 is 2.53 bits per heavy atom. The molecule has 4 heterocycles. The SMILES string of the molecule is CC(C)(C)OC(=O)N[C@H]1C[C@@H]2O[C@@H]2C[C@H]2CC[C@@H](C(=O)N3CC[C@H](c4ccccc4)C3)N2C1=O. The van der Waals surface area contributed by atoms with Gasteiger partial charge in [0.1, 0.15) is 17.7 Å². The Bertz CT molecular complexity index is 946. The van der Waals surface area contributed by atoms with Crippen LogP contribution in [-0.4, -0.2) is 76.7 Å². The molecular formula is C26H35N3O5. The highest BCUT2D eigenvalue weighted by atomic mass is 16.6. The quantitative estimate of drug-likeness (QED) is 0.688. The minimum atomic E-state index is -0.753. The van der Waals surface area contributed by atoms with Gasteiger partial charge in [0.2, 0.25) is 11.8 Å². The number of hydrogen-bond donors (Lipinski definition) is 1. The highest BCUT2D eigenvalue weighted by Gasteiger charge is 2.53. The van der Waals surface area contributed by atoms with Gasteiger partial charge in [-0.2, -0.15) is 0 Å². The largest absolute Gasteiger partial charge is 0.444 e. The number of epoxide rings is 1. The van der Waals surface area contributed by atoms with Crippen LogP contribution in [0.1, 0.15) is 64.4 Å². The molecule has 1 aromatic rings. The van der Waals surface area contributed by atoms with Crippen molar-refractivity contribution in [2.45, 2.75) is 94.7 Å².